The lowest BCUT2D eigenvalue weighted by atomic mass is 10.2. The van der Waals surface area contributed by atoms with Crippen LogP contribution < -0.4 is 10.1 Å². The molecule has 1 aromatic rings. The van der Waals surface area contributed by atoms with Crippen molar-refractivity contribution in [2.24, 2.45) is 0 Å². The Kier molecular flexibility index (Phi) is 4.39. The van der Waals surface area contributed by atoms with E-state index in [1.165, 1.54) is 10.4 Å². The average molecular weight is 404 g/mol. The number of sulfonamides is 1. The first kappa shape index (κ1) is 16.7. The largest absolute Gasteiger partial charge is 0.477 e. The van der Waals surface area contributed by atoms with Crippen molar-refractivity contribution < 1.29 is 17.9 Å². The SMILES string of the molecule is CC1Oc2c(cc(Br)cc2S(=O)(=O)N2CCN(C)CC2)NC1=O. The Balaban J connectivity index is 2.04. The van der Waals surface area contributed by atoms with Gasteiger partial charge in [-0.3, -0.25) is 4.79 Å². The van der Waals surface area contributed by atoms with Crippen molar-refractivity contribution >= 4 is 37.5 Å². The van der Waals surface area contributed by atoms with Crippen LogP contribution in [0.25, 0.3) is 0 Å². The summed E-state index contributed by atoms with van der Waals surface area (Å²) in [5.74, 6) is -0.0854. The molecule has 1 saturated heterocycles. The second kappa shape index (κ2) is 6.04. The molecule has 3 rings (SSSR count). The highest BCUT2D eigenvalue weighted by Crippen LogP contribution is 2.40. The molecule has 23 heavy (non-hydrogen) atoms. The van der Waals surface area contributed by atoms with Crippen LogP contribution in [0.2, 0.25) is 0 Å². The molecule has 2 aliphatic rings. The van der Waals surface area contributed by atoms with Gasteiger partial charge in [-0.15, -0.1) is 0 Å². The molecular weight excluding hydrogens is 386 g/mol. The molecule has 9 heteroatoms. The van der Waals surface area contributed by atoms with E-state index < -0.39 is 16.1 Å². The minimum atomic E-state index is -3.69. The third-order valence-electron chi connectivity index (χ3n) is 4.02. The van der Waals surface area contributed by atoms with E-state index in [1.54, 1.807) is 13.0 Å². The molecule has 1 aromatic carbocycles. The summed E-state index contributed by atoms with van der Waals surface area (Å²) in [4.78, 5) is 13.9. The van der Waals surface area contributed by atoms with Crippen LogP contribution in [0, 0.1) is 0 Å². The zero-order chi connectivity index (χ0) is 16.8. The number of nitrogens with zero attached hydrogens (tertiary/aromatic N) is 2. The molecule has 1 unspecified atom stereocenters. The quantitative estimate of drug-likeness (QED) is 0.799. The monoisotopic (exact) mass is 403 g/mol. The summed E-state index contributed by atoms with van der Waals surface area (Å²) < 4.78 is 33.6. The molecular formula is C14H18BrN3O4S. The van der Waals surface area contributed by atoms with Gasteiger partial charge in [-0.1, -0.05) is 15.9 Å². The van der Waals surface area contributed by atoms with E-state index in [1.807, 2.05) is 7.05 Å². The van der Waals surface area contributed by atoms with Crippen LogP contribution >= 0.6 is 15.9 Å². The highest BCUT2D eigenvalue weighted by molar-refractivity contribution is 9.10. The number of likely N-dealkylation sites (N-methyl/N-ethyl adjacent to an activating group) is 1. The number of carbonyl (C=O) groups excluding carboxylic acids is 1. The number of amides is 1. The number of nitrogens with one attached hydrogen (secondary N) is 1. The predicted molar refractivity (Wildman–Crippen MR) is 89.1 cm³/mol. The first-order chi connectivity index (χ1) is 10.8. The molecule has 1 amide bonds. The number of anilines is 1. The van der Waals surface area contributed by atoms with Crippen molar-refractivity contribution in [2.45, 2.75) is 17.9 Å². The van der Waals surface area contributed by atoms with E-state index >= 15 is 0 Å². The van der Waals surface area contributed by atoms with Crippen LogP contribution in [-0.2, 0) is 14.8 Å². The number of rotatable bonds is 2. The molecule has 1 N–H and O–H groups in total. The number of piperazine rings is 1. The smallest absolute Gasteiger partial charge is 0.265 e. The fourth-order valence-corrected chi connectivity index (χ4v) is 4.81. The zero-order valence-electron chi connectivity index (χ0n) is 12.9. The molecule has 0 bridgehead atoms. The van der Waals surface area contributed by atoms with E-state index in [0.717, 1.165) is 0 Å². The topological polar surface area (TPSA) is 79.0 Å². The molecule has 1 fully saturated rings. The van der Waals surface area contributed by atoms with Crippen molar-refractivity contribution in [3.8, 4) is 5.75 Å². The van der Waals surface area contributed by atoms with Gasteiger partial charge >= 0.3 is 0 Å². The van der Waals surface area contributed by atoms with Gasteiger partial charge in [0.15, 0.2) is 11.9 Å². The van der Waals surface area contributed by atoms with Gasteiger partial charge in [-0.05, 0) is 26.1 Å². The lowest BCUT2D eigenvalue weighted by Gasteiger charge is -2.33. The van der Waals surface area contributed by atoms with E-state index in [9.17, 15) is 13.2 Å². The van der Waals surface area contributed by atoms with E-state index in [2.05, 4.69) is 26.1 Å². The molecule has 1 atom stereocenters. The Hall–Kier alpha value is -1.16. The van der Waals surface area contributed by atoms with Gasteiger partial charge in [0, 0.05) is 30.7 Å². The Morgan fingerprint density at radius 3 is 2.57 bits per heavy atom. The highest BCUT2D eigenvalue weighted by Gasteiger charge is 2.35. The fraction of sp³-hybridized carbons (Fsp3) is 0.500. The Labute approximate surface area is 143 Å². The number of carbonyl (C=O) groups is 1. The molecule has 7 nitrogen and oxygen atoms in total. The van der Waals surface area contributed by atoms with Crippen LogP contribution in [0.3, 0.4) is 0 Å². The Morgan fingerprint density at radius 2 is 1.91 bits per heavy atom. The number of hydrogen-bond donors (Lipinski definition) is 1. The van der Waals surface area contributed by atoms with Gasteiger partial charge in [0.1, 0.15) is 4.90 Å². The first-order valence-electron chi connectivity index (χ1n) is 7.29. The van der Waals surface area contributed by atoms with Crippen LogP contribution in [0.1, 0.15) is 6.92 Å². The maximum Gasteiger partial charge on any atom is 0.265 e. The van der Waals surface area contributed by atoms with Gasteiger partial charge in [-0.2, -0.15) is 4.31 Å². The number of fused-ring (bicyclic) bond motifs is 1. The number of benzene rings is 1. The molecule has 0 radical (unpaired) electrons. The van der Waals surface area contributed by atoms with Crippen molar-refractivity contribution in [1.82, 2.24) is 9.21 Å². The normalized spacial score (nSPS) is 23.1. The second-order valence-corrected chi connectivity index (χ2v) is 8.56. The standard InChI is InChI=1S/C14H18BrN3O4S/c1-9-14(19)16-11-7-10(15)8-12(13(11)22-9)23(20,21)18-5-3-17(2)4-6-18/h7-9H,3-6H2,1-2H3,(H,16,19). The van der Waals surface area contributed by atoms with Gasteiger partial charge in [0.25, 0.3) is 5.91 Å². The summed E-state index contributed by atoms with van der Waals surface area (Å²) in [5, 5.41) is 2.69. The summed E-state index contributed by atoms with van der Waals surface area (Å²) in [6, 6.07) is 3.17. The van der Waals surface area contributed by atoms with Gasteiger partial charge in [0.05, 0.1) is 5.69 Å². The minimum Gasteiger partial charge on any atom is -0.477 e. The van der Waals surface area contributed by atoms with E-state index in [4.69, 9.17) is 4.74 Å². The number of hydrogen-bond acceptors (Lipinski definition) is 5. The summed E-state index contributed by atoms with van der Waals surface area (Å²) >= 11 is 3.30. The maximum atomic E-state index is 13.0. The molecule has 2 heterocycles. The number of ether oxygens (including phenoxy) is 1. The van der Waals surface area contributed by atoms with Gasteiger partial charge in [0.2, 0.25) is 10.0 Å². The van der Waals surface area contributed by atoms with Gasteiger partial charge in [-0.25, -0.2) is 8.42 Å². The van der Waals surface area contributed by atoms with E-state index in [0.29, 0.717) is 36.3 Å². The lowest BCUT2D eigenvalue weighted by Crippen LogP contribution is -2.47. The number of halogens is 1. The fourth-order valence-electron chi connectivity index (χ4n) is 2.61. The third-order valence-corrected chi connectivity index (χ3v) is 6.38. The molecule has 0 spiro atoms. The summed E-state index contributed by atoms with van der Waals surface area (Å²) in [6.07, 6.45) is -0.731. The molecule has 0 aromatic heterocycles. The maximum absolute atomic E-state index is 13.0. The van der Waals surface area contributed by atoms with E-state index in [-0.39, 0.29) is 16.6 Å². The predicted octanol–water partition coefficient (Wildman–Crippen LogP) is 1.10. The van der Waals surface area contributed by atoms with Crippen molar-refractivity contribution in [1.29, 1.82) is 0 Å². The Bertz CT molecular complexity index is 745. The summed E-state index contributed by atoms with van der Waals surface area (Å²) in [6.45, 7) is 3.82. The van der Waals surface area contributed by atoms with Crippen molar-refractivity contribution in [3.05, 3.63) is 16.6 Å². The minimum absolute atomic E-state index is 0.0817. The zero-order valence-corrected chi connectivity index (χ0v) is 15.3. The van der Waals surface area contributed by atoms with Crippen molar-refractivity contribution in [2.75, 3.05) is 38.5 Å². The van der Waals surface area contributed by atoms with Crippen molar-refractivity contribution in [3.63, 3.8) is 0 Å². The molecule has 126 valence electrons. The summed E-state index contributed by atoms with van der Waals surface area (Å²) in [7, 11) is -1.73. The molecule has 0 saturated carbocycles. The average Bonchev–Trinajstić information content (AvgIpc) is 2.48. The lowest BCUT2D eigenvalue weighted by molar-refractivity contribution is -0.122. The summed E-state index contributed by atoms with van der Waals surface area (Å²) in [5.41, 5.74) is 0.371. The first-order valence-corrected chi connectivity index (χ1v) is 9.52. The van der Waals surface area contributed by atoms with Crippen LogP contribution in [0.15, 0.2) is 21.5 Å². The van der Waals surface area contributed by atoms with Crippen LogP contribution in [-0.4, -0.2) is 62.9 Å². The van der Waals surface area contributed by atoms with Gasteiger partial charge < -0.3 is 15.0 Å². The van der Waals surface area contributed by atoms with Crippen LogP contribution in [0.5, 0.6) is 5.75 Å². The third kappa shape index (κ3) is 3.10. The second-order valence-electron chi connectivity index (χ2n) is 5.74. The highest BCUT2D eigenvalue weighted by atomic mass is 79.9. The molecule has 0 aliphatic carbocycles. The van der Waals surface area contributed by atoms with Crippen LogP contribution in [0.4, 0.5) is 5.69 Å². The molecule has 2 aliphatic heterocycles. The Morgan fingerprint density at radius 1 is 1.26 bits per heavy atom.